The molecule has 0 spiro atoms. The van der Waals surface area contributed by atoms with Crippen LogP contribution in [0.2, 0.25) is 5.02 Å². The zero-order valence-electron chi connectivity index (χ0n) is 13.7. The number of carbonyl (C=O) groups is 1. The topological polar surface area (TPSA) is 84.3 Å². The van der Waals surface area contributed by atoms with Crippen LogP contribution in [0.4, 0.5) is 0 Å². The molecule has 1 fully saturated rings. The summed E-state index contributed by atoms with van der Waals surface area (Å²) >= 11 is 6.14. The lowest BCUT2D eigenvalue weighted by molar-refractivity contribution is 0.0463. The summed E-state index contributed by atoms with van der Waals surface area (Å²) in [4.78, 5) is 20.3. The number of rotatable bonds is 5. The summed E-state index contributed by atoms with van der Waals surface area (Å²) < 4.78 is 5.59. The minimum Gasteiger partial charge on any atom is -0.439 e. The van der Waals surface area contributed by atoms with E-state index >= 15 is 0 Å². The van der Waals surface area contributed by atoms with Gasteiger partial charge in [-0.15, -0.1) is 0 Å². The van der Waals surface area contributed by atoms with Crippen LogP contribution in [-0.4, -0.2) is 27.2 Å². The summed E-state index contributed by atoms with van der Waals surface area (Å²) in [6.45, 7) is 0. The Labute approximate surface area is 151 Å². The number of carbonyl (C=O) groups excluding carboxylic acids is 1. The number of benzene rings is 1. The molecule has 1 atom stereocenters. The molecule has 132 valence electrons. The summed E-state index contributed by atoms with van der Waals surface area (Å²) in [5.74, 6) is 0.472. The molecule has 2 aromatic rings. The number of aliphatic hydroxyl groups is 1. The average Bonchev–Trinajstić information content (AvgIpc) is 2.65. The van der Waals surface area contributed by atoms with Crippen molar-refractivity contribution in [2.24, 2.45) is 5.92 Å². The van der Waals surface area contributed by atoms with Gasteiger partial charge in [-0.1, -0.05) is 30.9 Å². The monoisotopic (exact) mass is 361 g/mol. The normalized spacial score (nSPS) is 16.2. The van der Waals surface area contributed by atoms with Crippen LogP contribution in [-0.2, 0) is 0 Å². The van der Waals surface area contributed by atoms with Crippen LogP contribution in [0, 0.1) is 5.92 Å². The van der Waals surface area contributed by atoms with Gasteiger partial charge in [-0.05, 0) is 31.0 Å². The molecule has 1 amide bonds. The second-order valence-electron chi connectivity index (χ2n) is 6.11. The SMILES string of the molecule is O=C(NC(O)C1CCCCC1)c1cc(Oc2ccncn2)ccc1Cl. The zero-order chi connectivity index (χ0) is 17.6. The first kappa shape index (κ1) is 17.6. The Morgan fingerprint density at radius 1 is 1.28 bits per heavy atom. The van der Waals surface area contributed by atoms with Crippen LogP contribution in [0.3, 0.4) is 0 Å². The molecule has 1 aliphatic carbocycles. The Morgan fingerprint density at radius 3 is 2.80 bits per heavy atom. The highest BCUT2D eigenvalue weighted by atomic mass is 35.5. The van der Waals surface area contributed by atoms with Crippen molar-refractivity contribution in [2.45, 2.75) is 38.3 Å². The number of hydrogen-bond acceptors (Lipinski definition) is 5. The van der Waals surface area contributed by atoms with Crippen LogP contribution < -0.4 is 10.1 Å². The maximum atomic E-state index is 12.5. The van der Waals surface area contributed by atoms with Crippen molar-refractivity contribution in [1.82, 2.24) is 15.3 Å². The summed E-state index contributed by atoms with van der Waals surface area (Å²) in [5.41, 5.74) is 0.253. The van der Waals surface area contributed by atoms with Gasteiger partial charge in [0.2, 0.25) is 5.88 Å². The van der Waals surface area contributed by atoms with Crippen LogP contribution >= 0.6 is 11.6 Å². The Bertz CT molecular complexity index is 721. The predicted molar refractivity (Wildman–Crippen MR) is 93.6 cm³/mol. The van der Waals surface area contributed by atoms with Crippen LogP contribution in [0.15, 0.2) is 36.8 Å². The maximum absolute atomic E-state index is 12.5. The predicted octanol–water partition coefficient (Wildman–Crippen LogP) is 3.55. The molecular weight excluding hydrogens is 342 g/mol. The lowest BCUT2D eigenvalue weighted by Gasteiger charge is -2.27. The Balaban J connectivity index is 1.69. The first-order chi connectivity index (χ1) is 12.1. The molecule has 1 aliphatic rings. The third kappa shape index (κ3) is 4.67. The van der Waals surface area contributed by atoms with Crippen LogP contribution in [0.1, 0.15) is 42.5 Å². The molecule has 0 saturated heterocycles. The fourth-order valence-electron chi connectivity index (χ4n) is 2.98. The molecule has 1 heterocycles. The third-order valence-corrected chi connectivity index (χ3v) is 4.66. The molecule has 7 heteroatoms. The largest absolute Gasteiger partial charge is 0.439 e. The Morgan fingerprint density at radius 2 is 2.08 bits per heavy atom. The van der Waals surface area contributed by atoms with E-state index in [-0.39, 0.29) is 11.5 Å². The zero-order valence-corrected chi connectivity index (χ0v) is 14.4. The fourth-order valence-corrected chi connectivity index (χ4v) is 3.18. The maximum Gasteiger partial charge on any atom is 0.254 e. The lowest BCUT2D eigenvalue weighted by Crippen LogP contribution is -2.41. The van der Waals surface area contributed by atoms with E-state index in [0.717, 1.165) is 25.7 Å². The van der Waals surface area contributed by atoms with Crippen molar-refractivity contribution < 1.29 is 14.6 Å². The van der Waals surface area contributed by atoms with E-state index in [1.807, 2.05) is 0 Å². The first-order valence-electron chi connectivity index (χ1n) is 8.36. The summed E-state index contributed by atoms with van der Waals surface area (Å²) in [5, 5.41) is 13.2. The molecule has 2 N–H and O–H groups in total. The number of nitrogens with zero attached hydrogens (tertiary/aromatic N) is 2. The van der Waals surface area contributed by atoms with Gasteiger partial charge in [0.25, 0.3) is 5.91 Å². The molecule has 0 radical (unpaired) electrons. The second-order valence-corrected chi connectivity index (χ2v) is 6.51. The van der Waals surface area contributed by atoms with E-state index in [4.69, 9.17) is 16.3 Å². The van der Waals surface area contributed by atoms with E-state index in [9.17, 15) is 9.90 Å². The van der Waals surface area contributed by atoms with E-state index in [2.05, 4.69) is 15.3 Å². The lowest BCUT2D eigenvalue weighted by atomic mass is 9.88. The van der Waals surface area contributed by atoms with Gasteiger partial charge < -0.3 is 15.2 Å². The highest BCUT2D eigenvalue weighted by molar-refractivity contribution is 6.33. The van der Waals surface area contributed by atoms with Gasteiger partial charge >= 0.3 is 0 Å². The molecular formula is C18H20ClN3O3. The van der Waals surface area contributed by atoms with E-state index < -0.39 is 12.1 Å². The van der Waals surface area contributed by atoms with Crippen molar-refractivity contribution in [2.75, 3.05) is 0 Å². The van der Waals surface area contributed by atoms with Gasteiger partial charge in [-0.2, -0.15) is 0 Å². The first-order valence-corrected chi connectivity index (χ1v) is 8.73. The molecule has 3 rings (SSSR count). The van der Waals surface area contributed by atoms with Crippen molar-refractivity contribution in [3.05, 3.63) is 47.4 Å². The molecule has 0 aliphatic heterocycles. The van der Waals surface area contributed by atoms with E-state index in [1.165, 1.54) is 18.8 Å². The Hall–Kier alpha value is -2.18. The van der Waals surface area contributed by atoms with Crippen molar-refractivity contribution >= 4 is 17.5 Å². The van der Waals surface area contributed by atoms with Crippen LogP contribution in [0.5, 0.6) is 11.6 Å². The molecule has 1 saturated carbocycles. The second kappa shape index (κ2) is 8.27. The van der Waals surface area contributed by atoms with Gasteiger partial charge in [-0.25, -0.2) is 9.97 Å². The smallest absolute Gasteiger partial charge is 0.254 e. The molecule has 6 nitrogen and oxygen atoms in total. The number of hydrogen-bond donors (Lipinski definition) is 2. The van der Waals surface area contributed by atoms with Gasteiger partial charge in [-0.3, -0.25) is 4.79 Å². The number of aliphatic hydroxyl groups excluding tert-OH is 1. The van der Waals surface area contributed by atoms with Crippen molar-refractivity contribution in [3.63, 3.8) is 0 Å². The Kier molecular flexibility index (Phi) is 5.83. The molecule has 1 unspecified atom stereocenters. The van der Waals surface area contributed by atoms with E-state index in [1.54, 1.807) is 24.4 Å². The van der Waals surface area contributed by atoms with Crippen molar-refractivity contribution in [3.8, 4) is 11.6 Å². The van der Waals surface area contributed by atoms with Gasteiger partial charge in [0, 0.05) is 18.2 Å². The quantitative estimate of drug-likeness (QED) is 0.795. The molecule has 25 heavy (non-hydrogen) atoms. The van der Waals surface area contributed by atoms with Gasteiger partial charge in [0.1, 0.15) is 18.3 Å². The summed E-state index contributed by atoms with van der Waals surface area (Å²) in [6, 6.07) is 6.38. The average molecular weight is 362 g/mol. The standard InChI is InChI=1S/C18H20ClN3O3/c19-15-7-6-13(25-16-8-9-20-11-21-16)10-14(15)18(24)22-17(23)12-4-2-1-3-5-12/h6-12,17,23H,1-5H2,(H,22,24). The number of ether oxygens (including phenoxy) is 1. The van der Waals surface area contributed by atoms with Gasteiger partial charge in [0.15, 0.2) is 0 Å². The minimum absolute atomic E-state index is 0.0944. The van der Waals surface area contributed by atoms with Gasteiger partial charge in [0.05, 0.1) is 10.6 Å². The highest BCUT2D eigenvalue weighted by Crippen LogP contribution is 2.27. The highest BCUT2D eigenvalue weighted by Gasteiger charge is 2.24. The molecule has 1 aromatic carbocycles. The minimum atomic E-state index is -0.865. The number of nitrogens with one attached hydrogen (secondary N) is 1. The fraction of sp³-hybridized carbons (Fsp3) is 0.389. The summed E-state index contributed by atoms with van der Waals surface area (Å²) in [6.07, 6.45) is 7.27. The summed E-state index contributed by atoms with van der Waals surface area (Å²) in [7, 11) is 0. The van der Waals surface area contributed by atoms with Crippen LogP contribution in [0.25, 0.3) is 0 Å². The van der Waals surface area contributed by atoms with E-state index in [0.29, 0.717) is 16.7 Å². The number of aromatic nitrogens is 2. The van der Waals surface area contributed by atoms with Crippen molar-refractivity contribution in [1.29, 1.82) is 0 Å². The number of amides is 1. The molecule has 1 aromatic heterocycles. The number of halogens is 1. The molecule has 0 bridgehead atoms. The third-order valence-electron chi connectivity index (χ3n) is 4.34.